The van der Waals surface area contributed by atoms with Crippen LogP contribution in [0.25, 0.3) is 28.3 Å². The summed E-state index contributed by atoms with van der Waals surface area (Å²) >= 11 is 0. The van der Waals surface area contributed by atoms with E-state index in [1.54, 1.807) is 6.33 Å². The monoisotopic (exact) mass is 451 g/mol. The average molecular weight is 452 g/mol. The summed E-state index contributed by atoms with van der Waals surface area (Å²) in [4.78, 5) is 2.27. The van der Waals surface area contributed by atoms with Gasteiger partial charge in [-0.15, -0.1) is 10.2 Å². The Morgan fingerprint density at radius 2 is 1.97 bits per heavy atom. The highest BCUT2D eigenvalue weighted by atomic mass is 16.3. The highest BCUT2D eigenvalue weighted by Gasteiger charge is 2.31. The van der Waals surface area contributed by atoms with Crippen LogP contribution in [-0.2, 0) is 6.54 Å². The Morgan fingerprint density at radius 1 is 1.12 bits per heavy atom. The van der Waals surface area contributed by atoms with Crippen LogP contribution in [0.5, 0.6) is 0 Å². The van der Waals surface area contributed by atoms with Crippen molar-refractivity contribution in [2.45, 2.75) is 12.6 Å². The number of rotatable bonds is 4. The van der Waals surface area contributed by atoms with E-state index in [1.165, 1.54) is 5.56 Å². The molecule has 2 aliphatic rings. The number of nitrogens with zero attached hydrogens (tertiary/aromatic N) is 6. The number of anilines is 1. The molecule has 2 N–H and O–H groups in total. The van der Waals surface area contributed by atoms with Crippen LogP contribution in [0.4, 0.5) is 5.69 Å². The van der Waals surface area contributed by atoms with Crippen LogP contribution < -0.4 is 10.2 Å². The van der Waals surface area contributed by atoms with E-state index in [2.05, 4.69) is 61.5 Å². The lowest BCUT2D eigenvalue weighted by Gasteiger charge is -2.20. The zero-order chi connectivity index (χ0) is 23.2. The molecule has 6 rings (SSSR count). The molecule has 2 atom stereocenters. The number of aliphatic hydroxyl groups is 1. The zero-order valence-electron chi connectivity index (χ0n) is 18.9. The first kappa shape index (κ1) is 20.7. The first-order chi connectivity index (χ1) is 16.6. The third-order valence-corrected chi connectivity index (χ3v) is 6.92. The second-order valence-corrected chi connectivity index (χ2v) is 9.06. The fraction of sp³-hybridized carbons (Fsp3) is 0.269. The molecule has 2 aromatic carbocycles. The molecule has 8 heteroatoms. The van der Waals surface area contributed by atoms with Crippen LogP contribution >= 0.6 is 0 Å². The maximum absolute atomic E-state index is 10.5. The van der Waals surface area contributed by atoms with Crippen molar-refractivity contribution < 1.29 is 5.11 Å². The summed E-state index contributed by atoms with van der Waals surface area (Å²) in [6.45, 7) is 2.98. The Balaban J connectivity index is 1.38. The van der Waals surface area contributed by atoms with E-state index in [0.29, 0.717) is 18.7 Å². The summed E-state index contributed by atoms with van der Waals surface area (Å²) in [5.41, 5.74) is 7.14. The minimum absolute atomic E-state index is 0.222. The molecular formula is C26H25N7O. The summed E-state index contributed by atoms with van der Waals surface area (Å²) in [6, 6.07) is 18.4. The summed E-state index contributed by atoms with van der Waals surface area (Å²) in [7, 11) is 1.93. The Morgan fingerprint density at radius 3 is 2.76 bits per heavy atom. The standard InChI is InChI=1S/C26H25N7O/c1-28-11-21-14-31(15-25(21)34)22-6-7-23-20(8-22)13-32-12-19(18-4-2-17(10-27)3-5-18)9-24(32)26-30-29-16-33(23)26/h2-9,12,16,21,25,28,34H,11,13-15H2,1H3. The maximum atomic E-state index is 10.5. The van der Waals surface area contributed by atoms with E-state index in [1.807, 2.05) is 35.9 Å². The molecule has 0 saturated carbocycles. The Kier molecular flexibility index (Phi) is 4.94. The molecule has 1 fully saturated rings. The number of hydrogen-bond donors (Lipinski definition) is 2. The topological polar surface area (TPSA) is 94.9 Å². The van der Waals surface area contributed by atoms with E-state index in [4.69, 9.17) is 5.26 Å². The summed E-state index contributed by atoms with van der Waals surface area (Å²) in [6.07, 6.45) is 3.57. The molecule has 8 nitrogen and oxygen atoms in total. The third-order valence-electron chi connectivity index (χ3n) is 6.92. The van der Waals surface area contributed by atoms with Crippen LogP contribution in [0.15, 0.2) is 61.1 Å². The molecule has 2 aromatic heterocycles. The summed E-state index contributed by atoms with van der Waals surface area (Å²) in [5.74, 6) is 1.02. The van der Waals surface area contributed by atoms with Gasteiger partial charge in [-0.25, -0.2) is 0 Å². The molecule has 4 heterocycles. The van der Waals surface area contributed by atoms with Crippen molar-refractivity contribution in [1.29, 1.82) is 5.26 Å². The van der Waals surface area contributed by atoms with Gasteiger partial charge in [0, 0.05) is 49.5 Å². The molecule has 2 unspecified atom stereocenters. The van der Waals surface area contributed by atoms with Crippen LogP contribution in [0.3, 0.4) is 0 Å². The quantitative estimate of drug-likeness (QED) is 0.436. The van der Waals surface area contributed by atoms with Crippen LogP contribution in [0.2, 0.25) is 0 Å². The average Bonchev–Trinajstić information content (AvgIpc) is 3.57. The third kappa shape index (κ3) is 3.37. The van der Waals surface area contributed by atoms with E-state index in [-0.39, 0.29) is 12.0 Å². The normalized spacial score (nSPS) is 18.7. The van der Waals surface area contributed by atoms with Crippen molar-refractivity contribution in [2.75, 3.05) is 31.6 Å². The SMILES string of the molecule is CNCC1CN(c2ccc3c(c2)Cn2cc(-c4ccc(C#N)cc4)cc2-c2nncn2-3)CC1O. The van der Waals surface area contributed by atoms with Gasteiger partial charge in [-0.3, -0.25) is 4.57 Å². The van der Waals surface area contributed by atoms with Gasteiger partial charge in [0.15, 0.2) is 5.82 Å². The van der Waals surface area contributed by atoms with Gasteiger partial charge >= 0.3 is 0 Å². The zero-order valence-corrected chi connectivity index (χ0v) is 18.9. The van der Waals surface area contributed by atoms with E-state index in [9.17, 15) is 5.11 Å². The van der Waals surface area contributed by atoms with E-state index >= 15 is 0 Å². The van der Waals surface area contributed by atoms with Crippen molar-refractivity contribution in [3.05, 3.63) is 72.2 Å². The number of nitriles is 1. The van der Waals surface area contributed by atoms with E-state index in [0.717, 1.165) is 47.1 Å². The van der Waals surface area contributed by atoms with Gasteiger partial charge in [-0.1, -0.05) is 12.1 Å². The molecule has 0 bridgehead atoms. The lowest BCUT2D eigenvalue weighted by Crippen LogP contribution is -2.28. The molecule has 1 saturated heterocycles. The van der Waals surface area contributed by atoms with Gasteiger partial charge < -0.3 is 19.9 Å². The Labute approximate surface area is 197 Å². The van der Waals surface area contributed by atoms with Crippen molar-refractivity contribution >= 4 is 5.69 Å². The maximum Gasteiger partial charge on any atom is 0.185 e. The first-order valence-electron chi connectivity index (χ1n) is 11.5. The predicted octanol–water partition coefficient (Wildman–Crippen LogP) is 2.65. The van der Waals surface area contributed by atoms with Gasteiger partial charge in [-0.2, -0.15) is 5.26 Å². The van der Waals surface area contributed by atoms with Crippen molar-refractivity contribution in [1.82, 2.24) is 24.6 Å². The van der Waals surface area contributed by atoms with E-state index < -0.39 is 0 Å². The van der Waals surface area contributed by atoms with Crippen LogP contribution in [0.1, 0.15) is 11.1 Å². The van der Waals surface area contributed by atoms with Crippen molar-refractivity contribution in [2.24, 2.45) is 5.92 Å². The number of aromatic nitrogens is 4. The number of aliphatic hydroxyl groups excluding tert-OH is 1. The molecule has 4 aromatic rings. The van der Waals surface area contributed by atoms with Crippen molar-refractivity contribution in [3.63, 3.8) is 0 Å². The van der Waals surface area contributed by atoms with Gasteiger partial charge in [0.1, 0.15) is 6.33 Å². The smallest absolute Gasteiger partial charge is 0.185 e. The lowest BCUT2D eigenvalue weighted by molar-refractivity contribution is 0.148. The number of fused-ring (bicyclic) bond motifs is 5. The number of benzene rings is 2. The molecule has 2 aliphatic heterocycles. The lowest BCUT2D eigenvalue weighted by atomic mass is 10.1. The minimum Gasteiger partial charge on any atom is -0.391 e. The molecule has 170 valence electrons. The molecule has 0 spiro atoms. The number of β-amino-alcohol motifs (C(OH)–C–C–N with tert-alkyl or cyclic N) is 1. The van der Waals surface area contributed by atoms with Gasteiger partial charge in [0.2, 0.25) is 0 Å². The first-order valence-corrected chi connectivity index (χ1v) is 11.5. The highest BCUT2D eigenvalue weighted by Crippen LogP contribution is 2.35. The second kappa shape index (κ2) is 8.13. The predicted molar refractivity (Wildman–Crippen MR) is 130 cm³/mol. The molecule has 0 aliphatic carbocycles. The highest BCUT2D eigenvalue weighted by molar-refractivity contribution is 5.72. The second-order valence-electron chi connectivity index (χ2n) is 9.06. The molecule has 0 radical (unpaired) electrons. The molecule has 34 heavy (non-hydrogen) atoms. The van der Waals surface area contributed by atoms with Crippen LogP contribution in [-0.4, -0.2) is 57.2 Å². The van der Waals surface area contributed by atoms with Crippen LogP contribution in [0, 0.1) is 17.2 Å². The molecular weight excluding hydrogens is 426 g/mol. The van der Waals surface area contributed by atoms with Gasteiger partial charge in [0.25, 0.3) is 0 Å². The fourth-order valence-electron chi connectivity index (χ4n) is 5.15. The minimum atomic E-state index is -0.332. The Hall–Kier alpha value is -3.93. The Bertz CT molecular complexity index is 1400. The summed E-state index contributed by atoms with van der Waals surface area (Å²) in [5, 5.41) is 31.4. The van der Waals surface area contributed by atoms with Crippen molar-refractivity contribution in [3.8, 4) is 34.4 Å². The number of hydrogen-bond acceptors (Lipinski definition) is 6. The van der Waals surface area contributed by atoms with Gasteiger partial charge in [-0.05, 0) is 54.6 Å². The van der Waals surface area contributed by atoms with Gasteiger partial charge in [0.05, 0.1) is 29.1 Å². The fourth-order valence-corrected chi connectivity index (χ4v) is 5.15. The number of nitrogens with one attached hydrogen (secondary N) is 1. The largest absolute Gasteiger partial charge is 0.391 e. The summed E-state index contributed by atoms with van der Waals surface area (Å²) < 4.78 is 4.26. The molecule has 0 amide bonds.